The van der Waals surface area contributed by atoms with E-state index in [1.807, 2.05) is 0 Å². The summed E-state index contributed by atoms with van der Waals surface area (Å²) in [6.45, 7) is 2.29. The van der Waals surface area contributed by atoms with Gasteiger partial charge < -0.3 is 0 Å². The minimum atomic E-state index is 0.401. The van der Waals surface area contributed by atoms with Crippen molar-refractivity contribution in [3.63, 3.8) is 0 Å². The fourth-order valence-corrected chi connectivity index (χ4v) is 2.64. The number of rotatable bonds is 0. The van der Waals surface area contributed by atoms with E-state index in [0.717, 1.165) is 0 Å². The lowest BCUT2D eigenvalue weighted by Crippen LogP contribution is -2.34. The van der Waals surface area contributed by atoms with E-state index in [9.17, 15) is 0 Å². The monoisotopic (exact) mass is 199 g/mol. The first-order valence-electron chi connectivity index (χ1n) is 5.18. The average Bonchev–Trinajstić information content (AvgIpc) is 2.43. The van der Waals surface area contributed by atoms with Gasteiger partial charge in [-0.2, -0.15) is 5.11 Å². The molecule has 0 radical (unpaired) electrons. The summed E-state index contributed by atoms with van der Waals surface area (Å²) in [6.07, 6.45) is 6.50. The van der Waals surface area contributed by atoms with Crippen molar-refractivity contribution in [2.75, 3.05) is 0 Å². The highest BCUT2D eigenvalue weighted by molar-refractivity contribution is 7.77. The molecule has 0 aromatic rings. The van der Waals surface area contributed by atoms with Crippen molar-refractivity contribution in [3.05, 3.63) is 0 Å². The van der Waals surface area contributed by atoms with Gasteiger partial charge in [-0.05, 0) is 31.6 Å². The molecule has 1 saturated carbocycles. The first-order chi connectivity index (χ1) is 6.29. The molecule has 3 unspecified atom stereocenters. The zero-order valence-corrected chi connectivity index (χ0v) is 8.95. The molecular formula is C9H17N3S. The minimum absolute atomic E-state index is 0.401. The standard InChI is InChI=1S/C9H17N3S/c1-7-5-3-2-4-6-8-9(7)10-11-12(8)13/h7-9,13H,2-6H2,1H3. The van der Waals surface area contributed by atoms with Gasteiger partial charge in [-0.15, -0.1) is 0 Å². The maximum atomic E-state index is 4.31. The van der Waals surface area contributed by atoms with Crippen LogP contribution in [0.2, 0.25) is 0 Å². The largest absolute Gasteiger partial charge is 0.218 e. The second-order valence-electron chi connectivity index (χ2n) is 4.20. The summed E-state index contributed by atoms with van der Waals surface area (Å²) in [4.78, 5) is 0. The Kier molecular flexibility index (Phi) is 2.77. The van der Waals surface area contributed by atoms with Crippen molar-refractivity contribution in [3.8, 4) is 0 Å². The molecular weight excluding hydrogens is 182 g/mol. The van der Waals surface area contributed by atoms with E-state index in [2.05, 4.69) is 30.1 Å². The molecule has 3 nitrogen and oxygen atoms in total. The van der Waals surface area contributed by atoms with Crippen LogP contribution in [0, 0.1) is 5.92 Å². The summed E-state index contributed by atoms with van der Waals surface area (Å²) in [5.74, 6) is 0.672. The third kappa shape index (κ3) is 1.82. The third-order valence-corrected chi connectivity index (χ3v) is 3.59. The van der Waals surface area contributed by atoms with E-state index < -0.39 is 0 Å². The Hall–Kier alpha value is -0.250. The zero-order chi connectivity index (χ0) is 9.26. The number of thiol groups is 1. The first-order valence-corrected chi connectivity index (χ1v) is 5.58. The second-order valence-corrected chi connectivity index (χ2v) is 4.61. The van der Waals surface area contributed by atoms with E-state index in [1.54, 1.807) is 4.41 Å². The van der Waals surface area contributed by atoms with Crippen LogP contribution >= 0.6 is 12.8 Å². The van der Waals surface area contributed by atoms with Gasteiger partial charge in [-0.3, -0.25) is 0 Å². The van der Waals surface area contributed by atoms with Crippen molar-refractivity contribution in [1.29, 1.82) is 0 Å². The van der Waals surface area contributed by atoms with Crippen molar-refractivity contribution < 1.29 is 0 Å². The molecule has 2 rings (SSSR count). The lowest BCUT2D eigenvalue weighted by molar-refractivity contribution is 0.271. The highest BCUT2D eigenvalue weighted by Gasteiger charge is 2.35. The molecule has 1 heterocycles. The van der Waals surface area contributed by atoms with Crippen LogP contribution in [0.5, 0.6) is 0 Å². The fourth-order valence-electron chi connectivity index (χ4n) is 2.34. The Morgan fingerprint density at radius 3 is 2.85 bits per heavy atom. The zero-order valence-electron chi connectivity index (χ0n) is 8.06. The summed E-state index contributed by atoms with van der Waals surface area (Å²) >= 11 is 4.31. The average molecular weight is 199 g/mol. The summed E-state index contributed by atoms with van der Waals surface area (Å²) in [5, 5.41) is 8.33. The lowest BCUT2D eigenvalue weighted by atomic mass is 9.86. The summed E-state index contributed by atoms with van der Waals surface area (Å²) in [6, 6.07) is 0.858. The SMILES string of the molecule is CC1CCCCCC2C1N=NN2S. The molecule has 0 amide bonds. The van der Waals surface area contributed by atoms with E-state index in [-0.39, 0.29) is 0 Å². The molecule has 74 valence electrons. The fraction of sp³-hybridized carbons (Fsp3) is 1.00. The van der Waals surface area contributed by atoms with E-state index in [1.165, 1.54) is 32.1 Å². The Bertz CT molecular complexity index is 207. The Morgan fingerprint density at radius 1 is 1.23 bits per heavy atom. The van der Waals surface area contributed by atoms with Crippen LogP contribution in [-0.2, 0) is 0 Å². The van der Waals surface area contributed by atoms with E-state index in [0.29, 0.717) is 18.0 Å². The van der Waals surface area contributed by atoms with Crippen LogP contribution in [-0.4, -0.2) is 16.5 Å². The predicted molar refractivity (Wildman–Crippen MR) is 55.5 cm³/mol. The van der Waals surface area contributed by atoms with Gasteiger partial charge in [0.05, 0.1) is 12.1 Å². The molecule has 0 aromatic carbocycles. The topological polar surface area (TPSA) is 28.0 Å². The predicted octanol–water partition coefficient (Wildman–Crippen LogP) is 2.85. The van der Waals surface area contributed by atoms with Gasteiger partial charge in [0.2, 0.25) is 0 Å². The van der Waals surface area contributed by atoms with Gasteiger partial charge in [0, 0.05) is 0 Å². The molecule has 4 heteroatoms. The maximum absolute atomic E-state index is 4.31. The van der Waals surface area contributed by atoms with Crippen LogP contribution in [0.15, 0.2) is 10.3 Å². The molecule has 0 saturated heterocycles. The van der Waals surface area contributed by atoms with Gasteiger partial charge in [0.1, 0.15) is 0 Å². The van der Waals surface area contributed by atoms with Crippen LogP contribution < -0.4 is 0 Å². The molecule has 1 aliphatic carbocycles. The molecule has 0 spiro atoms. The van der Waals surface area contributed by atoms with Crippen molar-refractivity contribution in [2.24, 2.45) is 16.3 Å². The molecule has 1 fully saturated rings. The van der Waals surface area contributed by atoms with Gasteiger partial charge in [-0.1, -0.05) is 31.4 Å². The lowest BCUT2D eigenvalue weighted by Gasteiger charge is -2.27. The highest BCUT2D eigenvalue weighted by Crippen LogP contribution is 2.33. The molecule has 13 heavy (non-hydrogen) atoms. The Labute approximate surface area is 85.1 Å². The first kappa shape index (κ1) is 9.31. The normalized spacial score (nSPS) is 39.8. The number of nitrogens with zero attached hydrogens (tertiary/aromatic N) is 3. The third-order valence-electron chi connectivity index (χ3n) is 3.21. The summed E-state index contributed by atoms with van der Waals surface area (Å²) in [5.41, 5.74) is 0. The molecule has 0 aromatic heterocycles. The molecule has 1 aliphatic heterocycles. The van der Waals surface area contributed by atoms with Crippen LogP contribution in [0.3, 0.4) is 0 Å². The minimum Gasteiger partial charge on any atom is -0.218 e. The number of hydrogen-bond acceptors (Lipinski definition) is 4. The molecule has 3 atom stereocenters. The molecule has 0 N–H and O–H groups in total. The Morgan fingerprint density at radius 2 is 2.00 bits per heavy atom. The number of hydrogen-bond donors (Lipinski definition) is 1. The van der Waals surface area contributed by atoms with Crippen molar-refractivity contribution >= 4 is 12.8 Å². The summed E-state index contributed by atoms with van der Waals surface area (Å²) in [7, 11) is 0. The second kappa shape index (κ2) is 3.86. The van der Waals surface area contributed by atoms with E-state index in [4.69, 9.17) is 0 Å². The maximum Gasteiger partial charge on any atom is 0.0985 e. The number of fused-ring (bicyclic) bond motifs is 1. The van der Waals surface area contributed by atoms with Gasteiger partial charge in [0.25, 0.3) is 0 Å². The van der Waals surface area contributed by atoms with Gasteiger partial charge >= 0.3 is 0 Å². The van der Waals surface area contributed by atoms with Crippen molar-refractivity contribution in [1.82, 2.24) is 4.41 Å². The quantitative estimate of drug-likeness (QED) is 0.597. The van der Waals surface area contributed by atoms with Gasteiger partial charge in [-0.25, -0.2) is 4.41 Å². The summed E-state index contributed by atoms with van der Waals surface area (Å²) < 4.78 is 1.76. The van der Waals surface area contributed by atoms with Crippen LogP contribution in [0.25, 0.3) is 0 Å². The molecule has 2 aliphatic rings. The van der Waals surface area contributed by atoms with E-state index >= 15 is 0 Å². The Balaban J connectivity index is 2.07. The molecule has 0 bridgehead atoms. The van der Waals surface area contributed by atoms with Crippen molar-refractivity contribution in [2.45, 2.75) is 51.1 Å². The smallest absolute Gasteiger partial charge is 0.0985 e. The van der Waals surface area contributed by atoms with Gasteiger partial charge in [0.15, 0.2) is 0 Å². The van der Waals surface area contributed by atoms with Crippen LogP contribution in [0.1, 0.15) is 39.0 Å². The highest BCUT2D eigenvalue weighted by atomic mass is 32.1. The van der Waals surface area contributed by atoms with Crippen LogP contribution in [0.4, 0.5) is 0 Å².